The van der Waals surface area contributed by atoms with E-state index >= 15 is 0 Å². The minimum Gasteiger partial charge on any atom is -0.355 e. The van der Waals surface area contributed by atoms with Crippen LogP contribution in [0.4, 0.5) is 11.4 Å². The SMILES string of the molecule is CC.CC1(C)c2ccccc2Nc2cc3[nH]c4ccccc4c3cc21. The molecule has 0 saturated heterocycles. The molecule has 2 nitrogen and oxygen atoms in total. The van der Waals surface area contributed by atoms with Crippen molar-refractivity contribution in [3.8, 4) is 0 Å². The van der Waals surface area contributed by atoms with Gasteiger partial charge in [-0.2, -0.15) is 0 Å². The third-order valence-corrected chi connectivity index (χ3v) is 5.19. The average Bonchev–Trinajstić information content (AvgIpc) is 3.00. The molecule has 0 saturated carbocycles. The summed E-state index contributed by atoms with van der Waals surface area (Å²) in [5, 5.41) is 6.20. The summed E-state index contributed by atoms with van der Waals surface area (Å²) >= 11 is 0. The van der Waals surface area contributed by atoms with Crippen molar-refractivity contribution >= 4 is 33.2 Å². The highest BCUT2D eigenvalue weighted by molar-refractivity contribution is 6.09. The van der Waals surface area contributed by atoms with Gasteiger partial charge in [-0.25, -0.2) is 0 Å². The summed E-state index contributed by atoms with van der Waals surface area (Å²) in [7, 11) is 0. The van der Waals surface area contributed by atoms with E-state index in [9.17, 15) is 0 Å². The number of hydrogen-bond acceptors (Lipinski definition) is 1. The maximum absolute atomic E-state index is 3.61. The van der Waals surface area contributed by atoms with Gasteiger partial charge in [0, 0.05) is 38.6 Å². The second kappa shape index (κ2) is 5.66. The molecular formula is C23H24N2. The largest absolute Gasteiger partial charge is 0.355 e. The molecule has 2 N–H and O–H groups in total. The predicted molar refractivity (Wildman–Crippen MR) is 109 cm³/mol. The van der Waals surface area contributed by atoms with Crippen LogP contribution in [0.2, 0.25) is 0 Å². The summed E-state index contributed by atoms with van der Waals surface area (Å²) in [6, 6.07) is 21.7. The van der Waals surface area contributed by atoms with Crippen molar-refractivity contribution in [3.05, 3.63) is 71.8 Å². The van der Waals surface area contributed by atoms with Gasteiger partial charge in [0.05, 0.1) is 0 Å². The van der Waals surface area contributed by atoms with E-state index in [0.717, 1.165) is 0 Å². The molecular weight excluding hydrogens is 304 g/mol. The molecule has 126 valence electrons. The van der Waals surface area contributed by atoms with Crippen LogP contribution in [-0.2, 0) is 5.41 Å². The number of nitrogens with one attached hydrogen (secondary N) is 2. The van der Waals surface area contributed by atoms with Gasteiger partial charge in [0.1, 0.15) is 0 Å². The van der Waals surface area contributed by atoms with E-state index in [-0.39, 0.29) is 5.41 Å². The highest BCUT2D eigenvalue weighted by Gasteiger charge is 2.32. The number of rotatable bonds is 0. The van der Waals surface area contributed by atoms with Crippen LogP contribution >= 0.6 is 0 Å². The van der Waals surface area contributed by atoms with E-state index in [1.165, 1.54) is 44.3 Å². The monoisotopic (exact) mass is 328 g/mol. The molecule has 2 heteroatoms. The van der Waals surface area contributed by atoms with Gasteiger partial charge in [0.25, 0.3) is 0 Å². The van der Waals surface area contributed by atoms with Crippen LogP contribution in [0.3, 0.4) is 0 Å². The molecule has 0 bridgehead atoms. The lowest BCUT2D eigenvalue weighted by Crippen LogP contribution is -2.25. The second-order valence-electron chi connectivity index (χ2n) is 6.91. The van der Waals surface area contributed by atoms with Crippen LogP contribution in [-0.4, -0.2) is 4.98 Å². The quantitative estimate of drug-likeness (QED) is 0.368. The van der Waals surface area contributed by atoms with Gasteiger partial charge >= 0.3 is 0 Å². The summed E-state index contributed by atoms with van der Waals surface area (Å²) in [4.78, 5) is 3.54. The number of H-pyrrole nitrogens is 1. The zero-order valence-electron chi connectivity index (χ0n) is 15.3. The first-order valence-electron chi connectivity index (χ1n) is 9.06. The fourth-order valence-electron chi connectivity index (χ4n) is 3.95. The predicted octanol–water partition coefficient (Wildman–Crippen LogP) is 6.73. The van der Waals surface area contributed by atoms with Gasteiger partial charge < -0.3 is 10.3 Å². The standard InChI is InChI=1S/C21H18N2.C2H6/c1-21(2)15-8-4-6-10-18(15)23-20-12-19-14(11-16(20)21)13-7-3-5-9-17(13)22-19;1-2/h3-12,22-23H,1-2H3;1-2H3. The minimum atomic E-state index is -0.0102. The summed E-state index contributed by atoms with van der Waals surface area (Å²) in [6.07, 6.45) is 0. The van der Waals surface area contributed by atoms with E-state index in [0.29, 0.717) is 0 Å². The Labute approximate surface area is 148 Å². The number of hydrogen-bond donors (Lipinski definition) is 2. The van der Waals surface area contributed by atoms with Gasteiger partial charge in [-0.05, 0) is 35.4 Å². The van der Waals surface area contributed by atoms with Crippen LogP contribution in [0.5, 0.6) is 0 Å². The van der Waals surface area contributed by atoms with Gasteiger partial charge in [0.2, 0.25) is 0 Å². The Balaban J connectivity index is 0.000000758. The summed E-state index contributed by atoms with van der Waals surface area (Å²) in [6.45, 7) is 8.62. The molecule has 0 radical (unpaired) electrons. The molecule has 3 aromatic carbocycles. The number of aromatic nitrogens is 1. The first-order valence-corrected chi connectivity index (χ1v) is 9.06. The molecule has 1 aliphatic rings. The highest BCUT2D eigenvalue weighted by Crippen LogP contribution is 2.47. The van der Waals surface area contributed by atoms with Gasteiger partial charge in [-0.15, -0.1) is 0 Å². The number of para-hydroxylation sites is 2. The van der Waals surface area contributed by atoms with Crippen LogP contribution in [0.1, 0.15) is 38.8 Å². The van der Waals surface area contributed by atoms with Gasteiger partial charge in [0.15, 0.2) is 0 Å². The molecule has 1 aromatic heterocycles. The fraction of sp³-hybridized carbons (Fsp3) is 0.217. The van der Waals surface area contributed by atoms with Crippen molar-refractivity contribution < 1.29 is 0 Å². The molecule has 0 fully saturated rings. The lowest BCUT2D eigenvalue weighted by atomic mass is 9.74. The first-order chi connectivity index (χ1) is 12.1. The summed E-state index contributed by atoms with van der Waals surface area (Å²) < 4.78 is 0. The normalized spacial score (nSPS) is 14.2. The maximum atomic E-state index is 3.61. The Morgan fingerprint density at radius 2 is 1.40 bits per heavy atom. The molecule has 1 aliphatic heterocycles. The molecule has 0 unspecified atom stereocenters. The molecule has 5 rings (SSSR count). The minimum absolute atomic E-state index is 0.0102. The first kappa shape index (κ1) is 15.8. The van der Waals surface area contributed by atoms with E-state index in [2.05, 4.69) is 84.8 Å². The molecule has 0 atom stereocenters. The molecule has 2 heterocycles. The topological polar surface area (TPSA) is 27.8 Å². The van der Waals surface area contributed by atoms with Gasteiger partial charge in [-0.1, -0.05) is 64.1 Å². The Hall–Kier alpha value is -2.74. The summed E-state index contributed by atoms with van der Waals surface area (Å²) in [5.41, 5.74) is 7.49. The number of fused-ring (bicyclic) bond motifs is 5. The van der Waals surface area contributed by atoms with Crippen LogP contribution < -0.4 is 5.32 Å². The van der Waals surface area contributed by atoms with E-state index < -0.39 is 0 Å². The Morgan fingerprint density at radius 3 is 2.24 bits per heavy atom. The lowest BCUT2D eigenvalue weighted by molar-refractivity contribution is 0.639. The van der Waals surface area contributed by atoms with Crippen molar-refractivity contribution in [2.45, 2.75) is 33.1 Å². The third-order valence-electron chi connectivity index (χ3n) is 5.19. The Kier molecular flexibility index (Phi) is 3.57. The number of anilines is 2. The van der Waals surface area contributed by atoms with E-state index in [1.54, 1.807) is 0 Å². The number of aromatic amines is 1. The zero-order valence-corrected chi connectivity index (χ0v) is 15.3. The van der Waals surface area contributed by atoms with Gasteiger partial charge in [-0.3, -0.25) is 0 Å². The zero-order chi connectivity index (χ0) is 17.6. The van der Waals surface area contributed by atoms with Crippen molar-refractivity contribution in [2.24, 2.45) is 0 Å². The Bertz CT molecular complexity index is 1070. The van der Waals surface area contributed by atoms with Crippen LogP contribution in [0.25, 0.3) is 21.8 Å². The van der Waals surface area contributed by atoms with E-state index in [4.69, 9.17) is 0 Å². The second-order valence-corrected chi connectivity index (χ2v) is 6.91. The van der Waals surface area contributed by atoms with E-state index in [1.807, 2.05) is 13.8 Å². The lowest BCUT2D eigenvalue weighted by Gasteiger charge is -2.35. The van der Waals surface area contributed by atoms with Crippen molar-refractivity contribution in [3.63, 3.8) is 0 Å². The van der Waals surface area contributed by atoms with Crippen LogP contribution in [0, 0.1) is 0 Å². The maximum Gasteiger partial charge on any atom is 0.0485 e. The van der Waals surface area contributed by atoms with Crippen molar-refractivity contribution in [2.75, 3.05) is 5.32 Å². The van der Waals surface area contributed by atoms with Crippen LogP contribution in [0.15, 0.2) is 60.7 Å². The molecule has 0 amide bonds. The van der Waals surface area contributed by atoms with Crippen molar-refractivity contribution in [1.29, 1.82) is 0 Å². The van der Waals surface area contributed by atoms with Crippen molar-refractivity contribution in [1.82, 2.24) is 4.98 Å². The molecule has 0 aliphatic carbocycles. The fourth-order valence-corrected chi connectivity index (χ4v) is 3.95. The molecule has 25 heavy (non-hydrogen) atoms. The molecule has 4 aromatic rings. The third kappa shape index (κ3) is 2.25. The smallest absolute Gasteiger partial charge is 0.0485 e. The summed E-state index contributed by atoms with van der Waals surface area (Å²) in [5.74, 6) is 0. The Morgan fingerprint density at radius 1 is 0.680 bits per heavy atom. The average molecular weight is 328 g/mol. The highest BCUT2D eigenvalue weighted by atomic mass is 14.9. The molecule has 0 spiro atoms. The number of benzene rings is 3.